The van der Waals surface area contributed by atoms with Gasteiger partial charge in [0, 0.05) is 37.5 Å². The Labute approximate surface area is 111 Å². The summed E-state index contributed by atoms with van der Waals surface area (Å²) in [6.07, 6.45) is 0. The van der Waals surface area contributed by atoms with Crippen molar-refractivity contribution in [3.8, 4) is 0 Å². The topological polar surface area (TPSA) is 104 Å². The molecule has 0 bridgehead atoms. The molecular weight excluding hydrogens is 256 g/mol. The second kappa shape index (κ2) is 10.1. The Kier molecular flexibility index (Phi) is 10.4. The van der Waals surface area contributed by atoms with E-state index >= 15 is 0 Å². The van der Waals surface area contributed by atoms with Crippen LogP contribution in [-0.4, -0.2) is 58.8 Å². The van der Waals surface area contributed by atoms with Gasteiger partial charge in [0.1, 0.15) is 5.78 Å². The van der Waals surface area contributed by atoms with Crippen LogP contribution in [-0.2, 0) is 19.3 Å². The Bertz CT molecular complexity index is 340. The first-order chi connectivity index (χ1) is 8.61. The molecule has 0 aliphatic heterocycles. The zero-order valence-electron chi connectivity index (χ0n) is 11.9. The van der Waals surface area contributed by atoms with Crippen LogP contribution >= 0.6 is 0 Å². The number of nitrogens with zero attached hydrogens (tertiary/aromatic N) is 2. The molecule has 0 radical (unpaired) electrons. The zero-order chi connectivity index (χ0) is 15.6. The summed E-state index contributed by atoms with van der Waals surface area (Å²) < 4.78 is 0.512. The molecule has 0 saturated heterocycles. The molecule has 19 heavy (non-hydrogen) atoms. The Balaban J connectivity index is 0. The van der Waals surface area contributed by atoms with Crippen molar-refractivity contribution in [2.75, 3.05) is 20.1 Å². The third-order valence-electron chi connectivity index (χ3n) is 1.96. The highest BCUT2D eigenvalue weighted by Gasteiger charge is 2.19. The van der Waals surface area contributed by atoms with E-state index in [9.17, 15) is 19.3 Å². The number of carbonyl (C=O) groups excluding carboxylic acids is 3. The van der Waals surface area contributed by atoms with Gasteiger partial charge in [-0.15, -0.1) is 0 Å². The summed E-state index contributed by atoms with van der Waals surface area (Å²) in [6, 6.07) is -0.279. The molecular formula is C11H21N2O6+. The summed E-state index contributed by atoms with van der Waals surface area (Å²) >= 11 is 0. The monoisotopic (exact) mass is 277 g/mol. The molecule has 1 N–H and O–H groups in total. The van der Waals surface area contributed by atoms with Gasteiger partial charge in [-0.2, -0.15) is 5.26 Å². The van der Waals surface area contributed by atoms with Crippen molar-refractivity contribution in [3.63, 3.8) is 0 Å². The van der Waals surface area contributed by atoms with Gasteiger partial charge in [0.25, 0.3) is 6.54 Å². The van der Waals surface area contributed by atoms with Crippen LogP contribution in [0.5, 0.6) is 0 Å². The number of nitroso groups, excluding NO2 is 1. The first kappa shape index (κ1) is 19.5. The van der Waals surface area contributed by atoms with E-state index in [0.29, 0.717) is 4.76 Å². The number of amides is 1. The predicted molar refractivity (Wildman–Crippen MR) is 66.3 cm³/mol. The fourth-order valence-corrected chi connectivity index (χ4v) is 0.784. The molecule has 0 aliphatic carbocycles. The molecule has 0 atom stereocenters. The third kappa shape index (κ3) is 12.4. The normalized spacial score (nSPS) is 9.21. The summed E-state index contributed by atoms with van der Waals surface area (Å²) in [6.45, 7) is 5.95. The number of Topliss-reactive ketones (excluding diaryl/α,β-unsaturated/α-hetero) is 1. The van der Waals surface area contributed by atoms with Crippen molar-refractivity contribution in [3.05, 3.63) is 4.91 Å². The van der Waals surface area contributed by atoms with Crippen LogP contribution in [0.2, 0.25) is 0 Å². The standard InChI is InChI=1S/C6H11NO2.C5H9NO4/c1-5(8)4-7(3)6(2)9;1-4(2)6(8)3-5(7)10-9/h4H2,1-3H3;4H,3H2,1-2H3/p+1. The van der Waals surface area contributed by atoms with Crippen LogP contribution in [0.4, 0.5) is 0 Å². The van der Waals surface area contributed by atoms with Crippen molar-refractivity contribution in [1.29, 1.82) is 0 Å². The van der Waals surface area contributed by atoms with E-state index in [0.717, 1.165) is 0 Å². The zero-order valence-corrected chi connectivity index (χ0v) is 11.9. The maximum absolute atomic E-state index is 10.6. The number of carbonyl (C=O) groups is 3. The molecule has 1 amide bonds. The molecule has 8 nitrogen and oxygen atoms in total. The van der Waals surface area contributed by atoms with Gasteiger partial charge in [0.15, 0.2) is 6.04 Å². The fourth-order valence-electron chi connectivity index (χ4n) is 0.784. The van der Waals surface area contributed by atoms with E-state index in [1.807, 2.05) is 0 Å². The molecule has 0 unspecified atom stereocenters. The van der Waals surface area contributed by atoms with Gasteiger partial charge < -0.3 is 4.90 Å². The highest BCUT2D eigenvalue weighted by molar-refractivity contribution is 5.83. The van der Waals surface area contributed by atoms with Gasteiger partial charge >= 0.3 is 5.97 Å². The maximum Gasteiger partial charge on any atom is 0.410 e. The highest BCUT2D eigenvalue weighted by Crippen LogP contribution is 1.87. The van der Waals surface area contributed by atoms with E-state index in [2.05, 4.69) is 4.89 Å². The van der Waals surface area contributed by atoms with Crippen LogP contribution in [0.1, 0.15) is 27.7 Å². The van der Waals surface area contributed by atoms with Gasteiger partial charge in [-0.1, -0.05) is 0 Å². The van der Waals surface area contributed by atoms with Crippen molar-refractivity contribution in [1.82, 2.24) is 4.90 Å². The molecule has 0 saturated carbocycles. The minimum Gasteiger partial charge on any atom is -0.339 e. The van der Waals surface area contributed by atoms with E-state index < -0.39 is 12.5 Å². The molecule has 0 aromatic carbocycles. The fraction of sp³-hybridized carbons (Fsp3) is 0.727. The van der Waals surface area contributed by atoms with Gasteiger partial charge in [-0.05, 0) is 6.92 Å². The largest absolute Gasteiger partial charge is 0.410 e. The Morgan fingerprint density at radius 3 is 1.95 bits per heavy atom. The van der Waals surface area contributed by atoms with Crippen molar-refractivity contribution < 1.29 is 29.3 Å². The second-order valence-corrected chi connectivity index (χ2v) is 4.21. The first-order valence-corrected chi connectivity index (χ1v) is 5.60. The lowest BCUT2D eigenvalue weighted by atomic mass is 10.4. The van der Waals surface area contributed by atoms with Gasteiger partial charge in [-0.25, -0.2) is 4.79 Å². The van der Waals surface area contributed by atoms with E-state index in [1.54, 1.807) is 20.9 Å². The van der Waals surface area contributed by atoms with Crippen LogP contribution in [0.25, 0.3) is 0 Å². The Hall–Kier alpha value is -1.83. The predicted octanol–water partition coefficient (Wildman–Crippen LogP) is 0.244. The van der Waals surface area contributed by atoms with Crippen molar-refractivity contribution in [2.24, 2.45) is 0 Å². The SMILES string of the molecule is CC(=O)CN(C)C(C)=O.CC(C)[N+](=O)CC(=O)OO. The molecule has 110 valence electrons. The van der Waals surface area contributed by atoms with E-state index in [4.69, 9.17) is 5.26 Å². The maximum atomic E-state index is 10.6. The van der Waals surface area contributed by atoms with Crippen molar-refractivity contribution >= 4 is 17.7 Å². The third-order valence-corrected chi connectivity index (χ3v) is 1.96. The van der Waals surface area contributed by atoms with Crippen LogP contribution in [0.3, 0.4) is 0 Å². The summed E-state index contributed by atoms with van der Waals surface area (Å²) in [4.78, 5) is 46.3. The average Bonchev–Trinajstić information content (AvgIpc) is 2.28. The lowest BCUT2D eigenvalue weighted by Gasteiger charge is -2.10. The van der Waals surface area contributed by atoms with Gasteiger partial charge in [0.2, 0.25) is 5.91 Å². The Morgan fingerprint density at radius 2 is 1.74 bits per heavy atom. The number of hydrogen-bond donors (Lipinski definition) is 1. The van der Waals surface area contributed by atoms with Crippen LogP contribution in [0.15, 0.2) is 0 Å². The van der Waals surface area contributed by atoms with Crippen molar-refractivity contribution in [2.45, 2.75) is 33.7 Å². The highest BCUT2D eigenvalue weighted by atomic mass is 17.1. The summed E-state index contributed by atoms with van der Waals surface area (Å²) in [5.74, 6) is -1.01. The molecule has 0 aromatic rings. The van der Waals surface area contributed by atoms with Crippen LogP contribution < -0.4 is 0 Å². The number of hydrogen-bond acceptors (Lipinski definition) is 6. The number of ketones is 1. The molecule has 0 heterocycles. The lowest BCUT2D eigenvalue weighted by molar-refractivity contribution is -0.571. The first-order valence-electron chi connectivity index (χ1n) is 5.60. The minimum absolute atomic E-state index is 0.00713. The summed E-state index contributed by atoms with van der Waals surface area (Å²) in [5.41, 5.74) is 0. The van der Waals surface area contributed by atoms with Gasteiger partial charge in [-0.3, -0.25) is 14.5 Å². The molecule has 8 heteroatoms. The van der Waals surface area contributed by atoms with Crippen LogP contribution in [0, 0.1) is 4.91 Å². The second-order valence-electron chi connectivity index (χ2n) is 4.21. The quantitative estimate of drug-likeness (QED) is 0.438. The molecule has 0 fully saturated rings. The number of likely N-dealkylation sites (N-methyl/N-ethyl adjacent to an activating group) is 1. The number of rotatable bonds is 5. The molecule has 0 rings (SSSR count). The van der Waals surface area contributed by atoms with E-state index in [-0.39, 0.29) is 24.3 Å². The lowest BCUT2D eigenvalue weighted by Crippen LogP contribution is -2.28. The minimum atomic E-state index is -0.941. The molecule has 0 aromatic heterocycles. The van der Waals surface area contributed by atoms with Gasteiger partial charge in [0.05, 0.1) is 6.54 Å². The molecule has 0 spiro atoms. The summed E-state index contributed by atoms with van der Waals surface area (Å²) in [5, 5.41) is 7.75. The smallest absolute Gasteiger partial charge is 0.339 e. The van der Waals surface area contributed by atoms with E-state index in [1.165, 1.54) is 18.7 Å². The average molecular weight is 277 g/mol. The summed E-state index contributed by atoms with van der Waals surface area (Å²) in [7, 11) is 1.60. The molecule has 0 aliphatic rings. The Morgan fingerprint density at radius 1 is 1.26 bits per heavy atom.